The topological polar surface area (TPSA) is 17.0 Å². The van der Waals surface area contributed by atoms with E-state index in [1.807, 2.05) is 17.7 Å². The maximum absolute atomic E-state index is 5.25. The lowest BCUT2D eigenvalue weighted by Gasteiger charge is -2.06. The van der Waals surface area contributed by atoms with Crippen LogP contribution in [0.25, 0.3) is 0 Å². The molecule has 0 saturated carbocycles. The minimum Gasteiger partial charge on any atom is -0.244 e. The summed E-state index contributed by atoms with van der Waals surface area (Å²) in [7, 11) is 0. The van der Waals surface area contributed by atoms with Crippen LogP contribution >= 0.6 is 0 Å². The van der Waals surface area contributed by atoms with Crippen molar-refractivity contribution >= 4 is 0 Å². The molecule has 0 N–H and O–H groups in total. The van der Waals surface area contributed by atoms with Crippen LogP contribution in [0.5, 0.6) is 0 Å². The molecule has 56 valence electrons. The molecule has 0 unspecified atom stereocenters. The Balaban J connectivity index is 3.05. The Kier molecular flexibility index (Phi) is 1.55. The minimum atomic E-state index is 0.0631. The van der Waals surface area contributed by atoms with Crippen molar-refractivity contribution in [2.75, 3.05) is 0 Å². The van der Waals surface area contributed by atoms with Gasteiger partial charge in [-0.25, -0.2) is 4.52 Å². The second kappa shape index (κ2) is 2.11. The molecule has 10 heavy (non-hydrogen) atoms. The molecule has 0 fully saturated rings. The highest BCUT2D eigenvalue weighted by atomic mass is 16.5. The second-order valence-corrected chi connectivity index (χ2v) is 3.51. The Morgan fingerprint density at radius 3 is 2.20 bits per heavy atom. The van der Waals surface area contributed by atoms with Crippen molar-refractivity contribution in [3.8, 4) is 0 Å². The zero-order valence-electron chi connectivity index (χ0n) is 7.01. The fourth-order valence-corrected chi connectivity index (χ4v) is 1.03. The molecule has 0 saturated heterocycles. The van der Waals surface area contributed by atoms with Crippen LogP contribution in [0.3, 0.4) is 0 Å². The molecular formula is C8H14NO+. The van der Waals surface area contributed by atoms with E-state index in [9.17, 15) is 0 Å². The van der Waals surface area contributed by atoms with Gasteiger partial charge >= 0.3 is 0 Å². The van der Waals surface area contributed by atoms with Crippen LogP contribution in [0, 0.1) is 6.92 Å². The van der Waals surface area contributed by atoms with E-state index in [2.05, 4.69) is 20.8 Å². The van der Waals surface area contributed by atoms with E-state index in [0.717, 1.165) is 5.69 Å². The lowest BCUT2D eigenvalue weighted by Crippen LogP contribution is -2.50. The zero-order valence-corrected chi connectivity index (χ0v) is 7.01. The number of hydrogen-bond donors (Lipinski definition) is 0. The van der Waals surface area contributed by atoms with Crippen molar-refractivity contribution in [3.05, 3.63) is 18.0 Å². The van der Waals surface area contributed by atoms with E-state index in [1.165, 1.54) is 0 Å². The first-order valence-corrected chi connectivity index (χ1v) is 3.49. The van der Waals surface area contributed by atoms with Crippen LogP contribution < -0.4 is 4.74 Å². The zero-order chi connectivity index (χ0) is 7.78. The van der Waals surface area contributed by atoms with Crippen molar-refractivity contribution in [1.29, 1.82) is 0 Å². The highest BCUT2D eigenvalue weighted by Gasteiger charge is 2.27. The van der Waals surface area contributed by atoms with Gasteiger partial charge in [-0.3, -0.25) is 0 Å². The summed E-state index contributed by atoms with van der Waals surface area (Å²) in [6.45, 7) is 8.38. The predicted octanol–water partition coefficient (Wildman–Crippen LogP) is 1.63. The second-order valence-electron chi connectivity index (χ2n) is 3.51. The van der Waals surface area contributed by atoms with E-state index < -0.39 is 0 Å². The van der Waals surface area contributed by atoms with Crippen LogP contribution in [0.1, 0.15) is 26.5 Å². The molecule has 1 aromatic heterocycles. The van der Waals surface area contributed by atoms with Crippen LogP contribution in [0.2, 0.25) is 0 Å². The van der Waals surface area contributed by atoms with Crippen LogP contribution in [0.15, 0.2) is 16.9 Å². The first-order valence-electron chi connectivity index (χ1n) is 3.49. The molecule has 0 aromatic carbocycles. The molecule has 0 spiro atoms. The number of hydrogen-bond acceptors (Lipinski definition) is 1. The molecular weight excluding hydrogens is 126 g/mol. The van der Waals surface area contributed by atoms with Crippen LogP contribution in [-0.2, 0) is 5.54 Å². The van der Waals surface area contributed by atoms with Gasteiger partial charge in [-0.2, -0.15) is 0 Å². The summed E-state index contributed by atoms with van der Waals surface area (Å²) in [5.41, 5.74) is 1.22. The normalized spacial score (nSPS) is 12.0. The minimum absolute atomic E-state index is 0.0631. The van der Waals surface area contributed by atoms with Gasteiger partial charge in [0, 0.05) is 27.7 Å². The van der Waals surface area contributed by atoms with E-state index in [1.54, 1.807) is 6.26 Å². The van der Waals surface area contributed by atoms with Gasteiger partial charge in [0.25, 0.3) is 0 Å². The third-order valence-electron chi connectivity index (χ3n) is 1.41. The van der Waals surface area contributed by atoms with Gasteiger partial charge in [0.1, 0.15) is 0 Å². The fraction of sp³-hybridized carbons (Fsp3) is 0.625. The lowest BCUT2D eigenvalue weighted by molar-refractivity contribution is -0.910. The van der Waals surface area contributed by atoms with E-state index >= 15 is 0 Å². The Labute approximate surface area is 61.4 Å². The molecule has 0 bridgehead atoms. The summed E-state index contributed by atoms with van der Waals surface area (Å²) in [4.78, 5) is 0. The van der Waals surface area contributed by atoms with Gasteiger partial charge < -0.3 is 0 Å². The molecule has 0 aliphatic carbocycles. The Bertz CT molecular complexity index is 219. The third-order valence-corrected chi connectivity index (χ3v) is 1.41. The average molecular weight is 140 g/mol. The maximum Gasteiger partial charge on any atom is 0.229 e. The maximum atomic E-state index is 5.25. The van der Waals surface area contributed by atoms with Gasteiger partial charge in [0.2, 0.25) is 11.2 Å². The first-order chi connectivity index (χ1) is 4.52. The number of rotatable bonds is 0. The molecule has 0 radical (unpaired) electrons. The molecule has 1 heterocycles. The quantitative estimate of drug-likeness (QED) is 0.500. The molecule has 2 nitrogen and oxygen atoms in total. The summed E-state index contributed by atoms with van der Waals surface area (Å²) in [6, 6.07) is 1.96. The Morgan fingerprint density at radius 2 is 2.00 bits per heavy atom. The number of nitrogens with zero attached hydrogens (tertiary/aromatic N) is 1. The van der Waals surface area contributed by atoms with Gasteiger partial charge in [0.05, 0.1) is 6.07 Å². The number of aryl methyl sites for hydroxylation is 1. The highest BCUT2D eigenvalue weighted by molar-refractivity contribution is 4.84. The summed E-state index contributed by atoms with van der Waals surface area (Å²) in [6.07, 6.45) is 1.71. The van der Waals surface area contributed by atoms with Crippen molar-refractivity contribution in [3.63, 3.8) is 0 Å². The Hall–Kier alpha value is -0.790. The largest absolute Gasteiger partial charge is 0.244 e. The molecule has 1 aromatic rings. The molecule has 0 atom stereocenters. The Morgan fingerprint density at radius 1 is 1.40 bits per heavy atom. The monoisotopic (exact) mass is 140 g/mol. The van der Waals surface area contributed by atoms with E-state index in [0.29, 0.717) is 0 Å². The van der Waals surface area contributed by atoms with Gasteiger partial charge in [-0.15, -0.1) is 0 Å². The van der Waals surface area contributed by atoms with Gasteiger partial charge in [-0.05, 0) is 4.74 Å². The average Bonchev–Trinajstić information content (AvgIpc) is 2.11. The van der Waals surface area contributed by atoms with Crippen LogP contribution in [0.4, 0.5) is 0 Å². The third kappa shape index (κ3) is 1.20. The van der Waals surface area contributed by atoms with Crippen molar-refractivity contribution < 1.29 is 9.26 Å². The summed E-state index contributed by atoms with van der Waals surface area (Å²) >= 11 is 0. The van der Waals surface area contributed by atoms with Crippen molar-refractivity contribution in [1.82, 2.24) is 0 Å². The van der Waals surface area contributed by atoms with E-state index in [-0.39, 0.29) is 5.54 Å². The van der Waals surface area contributed by atoms with E-state index in [4.69, 9.17) is 4.52 Å². The highest BCUT2D eigenvalue weighted by Crippen LogP contribution is 2.05. The smallest absolute Gasteiger partial charge is 0.229 e. The first kappa shape index (κ1) is 7.32. The lowest BCUT2D eigenvalue weighted by atomic mass is 10.1. The fourth-order valence-electron chi connectivity index (χ4n) is 1.03. The van der Waals surface area contributed by atoms with Crippen molar-refractivity contribution in [2.24, 2.45) is 0 Å². The molecule has 0 aliphatic heterocycles. The SMILES string of the molecule is Cc1cco[n+]1C(C)(C)C. The van der Waals surface area contributed by atoms with Gasteiger partial charge in [-0.1, -0.05) is 0 Å². The predicted molar refractivity (Wildman–Crippen MR) is 38.6 cm³/mol. The summed E-state index contributed by atoms with van der Waals surface area (Å²) in [5, 5.41) is 0. The van der Waals surface area contributed by atoms with Gasteiger partial charge in [0.15, 0.2) is 6.26 Å². The number of aromatic nitrogens is 1. The summed E-state index contributed by atoms with van der Waals surface area (Å²) < 4.78 is 7.14. The van der Waals surface area contributed by atoms with Crippen molar-refractivity contribution in [2.45, 2.75) is 33.2 Å². The summed E-state index contributed by atoms with van der Waals surface area (Å²) in [5.74, 6) is 0. The molecule has 0 aliphatic rings. The van der Waals surface area contributed by atoms with Crippen LogP contribution in [-0.4, -0.2) is 0 Å². The molecule has 1 rings (SSSR count). The molecule has 0 amide bonds. The molecule has 2 heteroatoms. The standard InChI is InChI=1S/C8H14NO/c1-7-5-6-10-9(7)8(2,3)4/h5-6H,1-4H3/q+1.